The molecule has 2 saturated heterocycles. The summed E-state index contributed by atoms with van der Waals surface area (Å²) in [5.41, 5.74) is 0. The Morgan fingerprint density at radius 3 is 1.53 bits per heavy atom. The van der Waals surface area contributed by atoms with E-state index in [1.165, 1.54) is 10.0 Å². The Balaban J connectivity index is 2.09. The number of hydrazine groups is 2. The van der Waals surface area contributed by atoms with Crippen molar-refractivity contribution in [3.63, 3.8) is 0 Å². The van der Waals surface area contributed by atoms with Crippen molar-refractivity contribution in [3.8, 4) is 0 Å². The molecule has 2 aliphatic rings. The zero-order chi connectivity index (χ0) is 12.3. The lowest BCUT2D eigenvalue weighted by atomic mass is 10.5. The van der Waals surface area contributed by atoms with E-state index in [0.717, 1.165) is 4.89 Å². The van der Waals surface area contributed by atoms with Crippen LogP contribution in [-0.4, -0.2) is 67.5 Å². The van der Waals surface area contributed by atoms with Gasteiger partial charge in [-0.3, -0.25) is 0 Å². The van der Waals surface area contributed by atoms with Crippen molar-refractivity contribution in [2.24, 2.45) is 0 Å². The third-order valence-electron chi connectivity index (χ3n) is 2.70. The zero-order valence-corrected chi connectivity index (χ0v) is 10.4. The van der Waals surface area contributed by atoms with E-state index in [0.29, 0.717) is 52.6 Å². The summed E-state index contributed by atoms with van der Waals surface area (Å²) >= 11 is 0. The Labute approximate surface area is 99.8 Å². The van der Waals surface area contributed by atoms with Gasteiger partial charge >= 0.3 is 0 Å². The molecule has 0 spiro atoms. The maximum Gasteiger partial charge on any atom is 0.0608 e. The van der Waals surface area contributed by atoms with Gasteiger partial charge in [0.2, 0.25) is 0 Å². The van der Waals surface area contributed by atoms with Gasteiger partial charge in [-0.15, -0.1) is 4.89 Å². The summed E-state index contributed by atoms with van der Waals surface area (Å²) in [5, 5.41) is 3.05. The Morgan fingerprint density at radius 2 is 1.24 bits per heavy atom. The molecular formula is C8H16N3O5P-2. The molecule has 2 aliphatic heterocycles. The first-order valence-electron chi connectivity index (χ1n) is 5.57. The van der Waals surface area contributed by atoms with E-state index >= 15 is 0 Å². The minimum atomic E-state index is -4.84. The molecule has 0 aromatic rings. The summed E-state index contributed by atoms with van der Waals surface area (Å²) in [7, 11) is -4.84. The topological polar surface area (TPSA) is 91.4 Å². The Hall–Kier alpha value is -0.0500. The summed E-state index contributed by atoms with van der Waals surface area (Å²) in [6.07, 6.45) is 0. The largest absolute Gasteiger partial charge is 0.797 e. The number of ether oxygens (including phenoxy) is 2. The third-order valence-corrected chi connectivity index (χ3v) is 3.64. The predicted molar refractivity (Wildman–Crippen MR) is 54.2 cm³/mol. The summed E-state index contributed by atoms with van der Waals surface area (Å²) in [4.78, 5) is 23.6. The normalized spacial score (nSPS) is 25.4. The van der Waals surface area contributed by atoms with Crippen LogP contribution in [0.15, 0.2) is 0 Å². The van der Waals surface area contributed by atoms with Gasteiger partial charge in [0.1, 0.15) is 0 Å². The summed E-state index contributed by atoms with van der Waals surface area (Å²) in [6, 6.07) is 0. The van der Waals surface area contributed by atoms with Crippen molar-refractivity contribution in [2.45, 2.75) is 0 Å². The van der Waals surface area contributed by atoms with E-state index in [1.807, 2.05) is 0 Å². The van der Waals surface area contributed by atoms with Crippen molar-refractivity contribution >= 4 is 7.75 Å². The molecular weight excluding hydrogens is 249 g/mol. The molecule has 2 heterocycles. The molecule has 2 fully saturated rings. The van der Waals surface area contributed by atoms with Gasteiger partial charge in [0.25, 0.3) is 0 Å². The van der Waals surface area contributed by atoms with Gasteiger partial charge in [-0.05, 0) is 0 Å². The average molecular weight is 265 g/mol. The van der Waals surface area contributed by atoms with Crippen molar-refractivity contribution in [3.05, 3.63) is 0 Å². The Bertz CT molecular complexity index is 269. The molecule has 17 heavy (non-hydrogen) atoms. The monoisotopic (exact) mass is 265 g/mol. The standard InChI is InChI=1S/C8H18N3O5P/c12-17(13,14)11(9-1-5-15-6-2-9)10-3-7-16-8-4-10/h1-8H2,(H2,12,13,14)/p-2. The van der Waals surface area contributed by atoms with Crippen LogP contribution >= 0.6 is 7.75 Å². The van der Waals surface area contributed by atoms with Gasteiger partial charge in [-0.25, -0.2) is 10.0 Å². The second-order valence-electron chi connectivity index (χ2n) is 3.87. The molecule has 2 rings (SSSR count). The van der Waals surface area contributed by atoms with E-state index < -0.39 is 7.75 Å². The number of rotatable bonds is 3. The molecule has 0 N–H and O–H groups in total. The first-order valence-corrected chi connectivity index (χ1v) is 7.06. The summed E-state index contributed by atoms with van der Waals surface area (Å²) in [5.74, 6) is 0. The fraction of sp³-hybridized carbons (Fsp3) is 1.00. The fourth-order valence-electron chi connectivity index (χ4n) is 1.95. The number of morpholine rings is 2. The zero-order valence-electron chi connectivity index (χ0n) is 9.49. The van der Waals surface area contributed by atoms with Gasteiger partial charge in [-0.1, -0.05) is 0 Å². The fourth-order valence-corrected chi connectivity index (χ4v) is 2.93. The quantitative estimate of drug-likeness (QED) is 0.522. The SMILES string of the molecule is O=P([O-])([O-])N(N1CCOCC1)N1CCOCC1. The highest BCUT2D eigenvalue weighted by molar-refractivity contribution is 7.45. The minimum Gasteiger partial charge on any atom is -0.797 e. The van der Waals surface area contributed by atoms with Crippen molar-refractivity contribution in [1.82, 2.24) is 14.9 Å². The van der Waals surface area contributed by atoms with Gasteiger partial charge in [-0.2, -0.15) is 0 Å². The van der Waals surface area contributed by atoms with Crippen LogP contribution in [0.25, 0.3) is 0 Å². The van der Waals surface area contributed by atoms with Crippen LogP contribution in [0.4, 0.5) is 0 Å². The van der Waals surface area contributed by atoms with E-state index in [2.05, 4.69) is 0 Å². The maximum atomic E-state index is 11.4. The second kappa shape index (κ2) is 5.73. The van der Waals surface area contributed by atoms with Crippen LogP contribution < -0.4 is 9.79 Å². The molecule has 0 atom stereocenters. The van der Waals surface area contributed by atoms with Gasteiger partial charge in [0, 0.05) is 33.9 Å². The van der Waals surface area contributed by atoms with Crippen LogP contribution in [0.5, 0.6) is 0 Å². The molecule has 8 nitrogen and oxygen atoms in total. The number of hydrogen-bond donors (Lipinski definition) is 0. The molecule has 0 aromatic heterocycles. The molecule has 9 heteroatoms. The second-order valence-corrected chi connectivity index (χ2v) is 5.16. The molecule has 100 valence electrons. The Morgan fingerprint density at radius 1 is 0.882 bits per heavy atom. The van der Waals surface area contributed by atoms with Gasteiger partial charge < -0.3 is 23.8 Å². The van der Waals surface area contributed by atoms with Crippen LogP contribution in [0.2, 0.25) is 0 Å². The lowest BCUT2D eigenvalue weighted by molar-refractivity contribution is -0.360. The lowest BCUT2D eigenvalue weighted by Crippen LogP contribution is -2.60. The highest BCUT2D eigenvalue weighted by atomic mass is 31.2. The van der Waals surface area contributed by atoms with E-state index in [-0.39, 0.29) is 0 Å². The van der Waals surface area contributed by atoms with Crippen molar-refractivity contribution < 1.29 is 23.8 Å². The molecule has 0 saturated carbocycles. The molecule has 0 amide bonds. The average Bonchev–Trinajstić information content (AvgIpc) is 2.30. The number of hydrogen-bond acceptors (Lipinski definition) is 7. The first kappa shape index (κ1) is 13.4. The molecule has 0 unspecified atom stereocenters. The number of nitrogens with zero attached hydrogens (tertiary/aromatic N) is 3. The van der Waals surface area contributed by atoms with Crippen LogP contribution in [0, 0.1) is 0 Å². The van der Waals surface area contributed by atoms with Gasteiger partial charge in [0.15, 0.2) is 0 Å². The summed E-state index contributed by atoms with van der Waals surface area (Å²) in [6.45, 7) is 3.36. The maximum absolute atomic E-state index is 11.4. The smallest absolute Gasteiger partial charge is 0.0608 e. The van der Waals surface area contributed by atoms with Crippen molar-refractivity contribution in [2.75, 3.05) is 52.6 Å². The third kappa shape index (κ3) is 3.46. The van der Waals surface area contributed by atoms with E-state index in [9.17, 15) is 14.4 Å². The molecule has 0 bridgehead atoms. The van der Waals surface area contributed by atoms with E-state index in [4.69, 9.17) is 9.47 Å². The molecule has 0 radical (unpaired) electrons. The predicted octanol–water partition coefficient (Wildman–Crippen LogP) is -2.39. The highest BCUT2D eigenvalue weighted by Crippen LogP contribution is 2.34. The van der Waals surface area contributed by atoms with E-state index in [1.54, 1.807) is 0 Å². The van der Waals surface area contributed by atoms with Crippen LogP contribution in [-0.2, 0) is 14.0 Å². The highest BCUT2D eigenvalue weighted by Gasteiger charge is 2.28. The van der Waals surface area contributed by atoms with Crippen LogP contribution in [0.3, 0.4) is 0 Å². The minimum absolute atomic E-state index is 0.409. The Kier molecular flexibility index (Phi) is 4.51. The first-order chi connectivity index (χ1) is 8.09. The lowest BCUT2D eigenvalue weighted by Gasteiger charge is -2.53. The van der Waals surface area contributed by atoms with Crippen LogP contribution in [0.1, 0.15) is 0 Å². The molecule has 0 aromatic carbocycles. The molecule has 0 aliphatic carbocycles. The van der Waals surface area contributed by atoms with Gasteiger partial charge in [0.05, 0.1) is 26.4 Å². The van der Waals surface area contributed by atoms with Crippen molar-refractivity contribution in [1.29, 1.82) is 0 Å². The summed E-state index contributed by atoms with van der Waals surface area (Å²) < 4.78 is 21.7.